The molecule has 0 aliphatic rings. The van der Waals surface area contributed by atoms with Gasteiger partial charge >= 0.3 is 0 Å². The molecule has 3 heterocycles. The Hall–Kier alpha value is -6.55. The molecule has 0 unspecified atom stereocenters. The fourth-order valence-corrected chi connectivity index (χ4v) is 9.83. The van der Waals surface area contributed by atoms with Crippen LogP contribution in [0, 0.1) is 6.07 Å². The van der Waals surface area contributed by atoms with Gasteiger partial charge in [0.05, 0.1) is 27.8 Å². The minimum Gasteiger partial charge on any atom is -0.507 e. The van der Waals surface area contributed by atoms with Crippen LogP contribution in [0.4, 0.5) is 0 Å². The van der Waals surface area contributed by atoms with Crippen LogP contribution < -0.4 is 0 Å². The van der Waals surface area contributed by atoms with Gasteiger partial charge in [-0.15, -0.1) is 29.3 Å². The second kappa shape index (κ2) is 17.7. The monoisotopic (exact) mass is 1100 g/mol. The van der Waals surface area contributed by atoms with Gasteiger partial charge in [0, 0.05) is 66.1 Å². The van der Waals surface area contributed by atoms with Crippen LogP contribution in [0.15, 0.2) is 158 Å². The van der Waals surface area contributed by atoms with Crippen LogP contribution in [0.25, 0.3) is 89.1 Å². The van der Waals surface area contributed by atoms with Gasteiger partial charge in [-0.2, -0.15) is 0 Å². The molecule has 5 nitrogen and oxygen atoms in total. The average molecular weight is 1100 g/mol. The molecule has 356 valence electrons. The molecule has 0 radical (unpaired) electrons. The van der Waals surface area contributed by atoms with E-state index in [0.29, 0.717) is 11.4 Å². The van der Waals surface area contributed by atoms with Gasteiger partial charge in [-0.25, -0.2) is 4.98 Å². The van der Waals surface area contributed by atoms with Crippen molar-refractivity contribution in [2.24, 2.45) is 0 Å². The van der Waals surface area contributed by atoms with Crippen LogP contribution in [-0.4, -0.2) is 24.2 Å². The number of aromatic hydroxyl groups is 1. The molecule has 7 aromatic carbocycles. The average Bonchev–Trinajstić information content (AvgIpc) is 3.87. The molecule has 0 fully saturated rings. The van der Waals surface area contributed by atoms with Crippen molar-refractivity contribution in [2.75, 3.05) is 0 Å². The van der Waals surface area contributed by atoms with E-state index in [1.807, 2.05) is 6.20 Å². The summed E-state index contributed by atoms with van der Waals surface area (Å²) in [6, 6.07) is 58.2. The Bertz CT molecular complexity index is 3590. The first-order valence-corrected chi connectivity index (χ1v) is 24.3. The maximum absolute atomic E-state index is 12.7. The number of pyridine rings is 1. The number of rotatable bonds is 6. The number of hydrogen-bond donors (Lipinski definition) is 1. The number of para-hydroxylation sites is 3. The normalized spacial score (nSPS) is 12.5. The summed E-state index contributed by atoms with van der Waals surface area (Å²) < 4.78 is 4.63. The molecule has 0 aliphatic carbocycles. The summed E-state index contributed by atoms with van der Waals surface area (Å²) in [5, 5.41) is 15.0. The Morgan fingerprint density at radius 1 is 0.486 bits per heavy atom. The van der Waals surface area contributed by atoms with Gasteiger partial charge in [0.2, 0.25) is 0 Å². The number of nitrogens with zero attached hydrogens (tertiary/aromatic N) is 4. The van der Waals surface area contributed by atoms with E-state index >= 15 is 0 Å². The molecule has 0 aliphatic heterocycles. The summed E-state index contributed by atoms with van der Waals surface area (Å²) in [6.07, 6.45) is 1.94. The topological polar surface area (TPSA) is 55.9 Å². The molecule has 10 rings (SSSR count). The Kier molecular flexibility index (Phi) is 12.3. The van der Waals surface area contributed by atoms with Gasteiger partial charge in [0.25, 0.3) is 0 Å². The smallest absolute Gasteiger partial charge is 0.148 e. The predicted octanol–water partition coefficient (Wildman–Crippen LogP) is 16.9. The van der Waals surface area contributed by atoms with Crippen LogP contribution in [0.1, 0.15) is 105 Å². The van der Waals surface area contributed by atoms with Crippen LogP contribution in [0.2, 0.25) is 0 Å². The third-order valence-corrected chi connectivity index (χ3v) is 13.8. The fourth-order valence-electron chi connectivity index (χ4n) is 9.83. The molecular weight excluding hydrogens is 1040 g/mol. The molecule has 0 saturated carbocycles. The minimum atomic E-state index is -0.340. The SMILES string of the molecule is CC(C)(C)c1cc(-c2cccc3c2nc(-c2cc(C(C)(C)C)cc(C(C)(C)C)c2O)n3-c2ccc(C(C)(C)C)cc2-c2ccccc2)[c-]c(-c2nccc3c4ccccc4n(-c4ccccc4)c23)c1.[Pt]. The van der Waals surface area contributed by atoms with Crippen LogP contribution in [0.5, 0.6) is 5.75 Å². The van der Waals surface area contributed by atoms with Gasteiger partial charge in [-0.3, -0.25) is 9.55 Å². The summed E-state index contributed by atoms with van der Waals surface area (Å²) in [6.45, 7) is 26.8. The third-order valence-electron chi connectivity index (χ3n) is 13.8. The van der Waals surface area contributed by atoms with E-state index in [1.54, 1.807) is 0 Å². The summed E-state index contributed by atoms with van der Waals surface area (Å²) in [7, 11) is 0. The second-order valence-electron chi connectivity index (χ2n) is 22.9. The number of hydrogen-bond acceptors (Lipinski definition) is 3. The summed E-state index contributed by atoms with van der Waals surface area (Å²) in [5.41, 5.74) is 16.1. The van der Waals surface area contributed by atoms with Gasteiger partial charge in [-0.1, -0.05) is 185 Å². The Balaban J connectivity index is 0.00000608. The van der Waals surface area contributed by atoms with Crippen molar-refractivity contribution in [1.29, 1.82) is 0 Å². The van der Waals surface area contributed by atoms with Gasteiger partial charge in [0.15, 0.2) is 0 Å². The van der Waals surface area contributed by atoms with Crippen molar-refractivity contribution < 1.29 is 26.2 Å². The number of benzene rings is 7. The number of phenols is 1. The van der Waals surface area contributed by atoms with Gasteiger partial charge < -0.3 is 9.67 Å². The molecule has 6 heteroatoms. The number of imidazole rings is 1. The van der Waals surface area contributed by atoms with Crippen LogP contribution in [-0.2, 0) is 42.7 Å². The van der Waals surface area contributed by atoms with Crippen molar-refractivity contribution in [3.8, 4) is 62.0 Å². The van der Waals surface area contributed by atoms with Crippen molar-refractivity contribution >= 4 is 32.8 Å². The maximum Gasteiger partial charge on any atom is 0.148 e. The zero-order valence-corrected chi connectivity index (χ0v) is 44.8. The largest absolute Gasteiger partial charge is 0.507 e. The molecule has 70 heavy (non-hydrogen) atoms. The summed E-state index contributed by atoms with van der Waals surface area (Å²) in [4.78, 5) is 10.9. The van der Waals surface area contributed by atoms with E-state index in [9.17, 15) is 5.11 Å². The van der Waals surface area contributed by atoms with Crippen molar-refractivity contribution in [3.63, 3.8) is 0 Å². The Morgan fingerprint density at radius 2 is 1.09 bits per heavy atom. The van der Waals surface area contributed by atoms with E-state index in [4.69, 9.17) is 9.97 Å². The van der Waals surface area contributed by atoms with Crippen molar-refractivity contribution in [3.05, 3.63) is 186 Å². The number of aromatic nitrogens is 4. The van der Waals surface area contributed by atoms with Crippen LogP contribution >= 0.6 is 0 Å². The summed E-state index contributed by atoms with van der Waals surface area (Å²) >= 11 is 0. The molecule has 10 aromatic rings. The molecular formula is C64H63N4OPt-. The Labute approximate surface area is 428 Å². The Morgan fingerprint density at radius 3 is 1.76 bits per heavy atom. The molecule has 0 spiro atoms. The predicted molar refractivity (Wildman–Crippen MR) is 290 cm³/mol. The molecule has 0 saturated heterocycles. The third kappa shape index (κ3) is 8.61. The maximum atomic E-state index is 12.7. The van der Waals surface area contributed by atoms with Crippen molar-refractivity contribution in [1.82, 2.24) is 19.1 Å². The zero-order valence-electron chi connectivity index (χ0n) is 42.6. The van der Waals surface area contributed by atoms with E-state index in [2.05, 4.69) is 250 Å². The standard InChI is InChI=1S/C64H63N4O.Pt/c1-61(2,3)43-30-31-54(50(37-43)40-22-15-13-16-23-40)68-55-29-21-27-47(57(55)66-60(68)51-38-45(63(7,8)9)39-52(59(51)69)64(10,11)12)41-34-42(36-44(35-41)62(4,5)6)56-58-49(32-33-65-56)48-26-19-20-28-53(48)67(58)46-24-17-14-18-25-46;/h13-33,35-39,69H,1-12H3;/q-1;. The van der Waals surface area contributed by atoms with E-state index < -0.39 is 0 Å². The van der Waals surface area contributed by atoms with E-state index in [1.165, 1.54) is 16.5 Å². The first kappa shape index (κ1) is 48.5. The number of phenolic OH excluding ortho intramolecular Hbond substituents is 1. The molecule has 0 amide bonds. The first-order chi connectivity index (χ1) is 32.7. The van der Waals surface area contributed by atoms with E-state index in [0.717, 1.165) is 83.5 Å². The minimum absolute atomic E-state index is 0. The van der Waals surface area contributed by atoms with Crippen molar-refractivity contribution in [2.45, 2.75) is 105 Å². The first-order valence-electron chi connectivity index (χ1n) is 24.3. The molecule has 1 N–H and O–H groups in total. The number of fused-ring (bicyclic) bond motifs is 4. The van der Waals surface area contributed by atoms with Gasteiger partial charge in [0.1, 0.15) is 11.6 Å². The van der Waals surface area contributed by atoms with Gasteiger partial charge in [-0.05, 0) is 86.9 Å². The second-order valence-corrected chi connectivity index (χ2v) is 22.9. The summed E-state index contributed by atoms with van der Waals surface area (Å²) in [5.74, 6) is 0.927. The fraction of sp³-hybridized carbons (Fsp3) is 0.250. The zero-order chi connectivity index (χ0) is 48.8. The molecule has 0 bridgehead atoms. The van der Waals surface area contributed by atoms with Crippen LogP contribution in [0.3, 0.4) is 0 Å². The molecule has 3 aromatic heterocycles. The quantitative estimate of drug-likeness (QED) is 0.169. The van der Waals surface area contributed by atoms with E-state index in [-0.39, 0.29) is 48.5 Å². The molecule has 0 atom stereocenters.